The summed E-state index contributed by atoms with van der Waals surface area (Å²) in [7, 11) is 0. The molecule has 182 valence electrons. The highest BCUT2D eigenvalue weighted by Gasteiger charge is 2.36. The number of hydrogen-bond donors (Lipinski definition) is 3. The molecule has 0 saturated heterocycles. The van der Waals surface area contributed by atoms with E-state index < -0.39 is 29.2 Å². The van der Waals surface area contributed by atoms with Gasteiger partial charge in [0.15, 0.2) is 0 Å². The maximum atomic E-state index is 13.6. The van der Waals surface area contributed by atoms with Crippen LogP contribution in [-0.2, 0) is 6.18 Å². The van der Waals surface area contributed by atoms with E-state index in [4.69, 9.17) is 22.1 Å². The first-order valence-electron chi connectivity index (χ1n) is 10.2. The summed E-state index contributed by atoms with van der Waals surface area (Å²) in [6, 6.07) is 13.3. The van der Waals surface area contributed by atoms with Crippen LogP contribution in [0.2, 0.25) is 5.02 Å². The number of carbonyl (C=O) groups excluding carboxylic acids is 1. The van der Waals surface area contributed by atoms with E-state index in [0.29, 0.717) is 16.8 Å². The Kier molecular flexibility index (Phi) is 6.91. The number of anilines is 1. The van der Waals surface area contributed by atoms with Crippen molar-refractivity contribution in [2.24, 2.45) is 0 Å². The zero-order valence-electron chi connectivity index (χ0n) is 18.1. The number of thiazole rings is 1. The van der Waals surface area contributed by atoms with Crippen molar-refractivity contribution in [2.75, 3.05) is 5.32 Å². The standard InChI is InChI=1S/C25H15ClF3N3O3S/c26-18-3-1-2-17(25(27,28)29)21(18)23(33)32-19-10-15(20-11-36-12-31-20)8-9-16(19)22(30)13-4-6-14(7-5-13)24(34)35/h1-12,30H,(H,32,33)(H,34,35). The minimum atomic E-state index is -4.82. The lowest BCUT2D eigenvalue weighted by molar-refractivity contribution is -0.137. The van der Waals surface area contributed by atoms with Crippen LogP contribution in [0, 0.1) is 5.41 Å². The Morgan fingerprint density at radius 3 is 2.33 bits per heavy atom. The number of aromatic nitrogens is 1. The highest BCUT2D eigenvalue weighted by atomic mass is 35.5. The minimum Gasteiger partial charge on any atom is -0.478 e. The first-order chi connectivity index (χ1) is 17.1. The molecule has 0 fully saturated rings. The summed E-state index contributed by atoms with van der Waals surface area (Å²) in [6.07, 6.45) is -4.82. The van der Waals surface area contributed by atoms with Gasteiger partial charge in [0, 0.05) is 22.1 Å². The Hall–Kier alpha value is -4.02. The molecule has 0 bridgehead atoms. The van der Waals surface area contributed by atoms with E-state index in [0.717, 1.165) is 12.1 Å². The number of carbonyl (C=O) groups is 2. The fraction of sp³-hybridized carbons (Fsp3) is 0.0400. The fourth-order valence-corrected chi connectivity index (χ4v) is 4.31. The Balaban J connectivity index is 1.79. The van der Waals surface area contributed by atoms with Gasteiger partial charge in [0.05, 0.1) is 44.3 Å². The van der Waals surface area contributed by atoms with E-state index >= 15 is 0 Å². The van der Waals surface area contributed by atoms with Crippen LogP contribution in [-0.4, -0.2) is 27.7 Å². The maximum absolute atomic E-state index is 13.6. The molecule has 0 aliphatic rings. The monoisotopic (exact) mass is 529 g/mol. The summed E-state index contributed by atoms with van der Waals surface area (Å²) in [5, 5.41) is 21.6. The number of rotatable bonds is 6. The number of nitrogens with one attached hydrogen (secondary N) is 2. The van der Waals surface area contributed by atoms with Gasteiger partial charge in [-0.3, -0.25) is 10.2 Å². The zero-order valence-corrected chi connectivity index (χ0v) is 19.6. The molecule has 0 atom stereocenters. The molecule has 3 N–H and O–H groups in total. The van der Waals surface area contributed by atoms with Gasteiger partial charge in [-0.15, -0.1) is 11.3 Å². The van der Waals surface area contributed by atoms with Gasteiger partial charge in [-0.25, -0.2) is 9.78 Å². The number of amides is 1. The third-order valence-electron chi connectivity index (χ3n) is 5.23. The summed E-state index contributed by atoms with van der Waals surface area (Å²) in [6.45, 7) is 0. The van der Waals surface area contributed by atoms with Crippen molar-refractivity contribution >= 4 is 46.2 Å². The van der Waals surface area contributed by atoms with Crippen molar-refractivity contribution in [3.8, 4) is 11.3 Å². The Bertz CT molecular complexity index is 1470. The largest absolute Gasteiger partial charge is 0.478 e. The van der Waals surface area contributed by atoms with Crippen molar-refractivity contribution in [1.29, 1.82) is 5.41 Å². The number of halogens is 4. The van der Waals surface area contributed by atoms with Crippen LogP contribution in [0.15, 0.2) is 71.6 Å². The van der Waals surface area contributed by atoms with Gasteiger partial charge in [-0.2, -0.15) is 13.2 Å². The smallest absolute Gasteiger partial charge is 0.417 e. The van der Waals surface area contributed by atoms with Crippen molar-refractivity contribution in [3.63, 3.8) is 0 Å². The summed E-state index contributed by atoms with van der Waals surface area (Å²) < 4.78 is 40.7. The summed E-state index contributed by atoms with van der Waals surface area (Å²) in [4.78, 5) is 28.4. The molecule has 6 nitrogen and oxygen atoms in total. The number of benzene rings is 3. The van der Waals surface area contributed by atoms with Gasteiger partial charge < -0.3 is 10.4 Å². The average molecular weight is 530 g/mol. The molecule has 0 aliphatic carbocycles. The number of carboxylic acids is 1. The van der Waals surface area contributed by atoms with Gasteiger partial charge >= 0.3 is 12.1 Å². The summed E-state index contributed by atoms with van der Waals surface area (Å²) >= 11 is 7.33. The molecule has 11 heteroatoms. The summed E-state index contributed by atoms with van der Waals surface area (Å²) in [5.41, 5.74) is 1.36. The molecule has 1 amide bonds. The van der Waals surface area contributed by atoms with Crippen molar-refractivity contribution in [1.82, 2.24) is 4.98 Å². The molecule has 3 aromatic carbocycles. The molecule has 0 unspecified atom stereocenters. The molecule has 0 saturated carbocycles. The van der Waals surface area contributed by atoms with E-state index in [-0.39, 0.29) is 27.5 Å². The van der Waals surface area contributed by atoms with Gasteiger partial charge in [0.2, 0.25) is 0 Å². The van der Waals surface area contributed by atoms with Gasteiger partial charge in [0.1, 0.15) is 0 Å². The highest BCUT2D eigenvalue weighted by Crippen LogP contribution is 2.36. The predicted octanol–water partition coefficient (Wildman–Crippen LogP) is 6.85. The average Bonchev–Trinajstić information content (AvgIpc) is 3.38. The Labute approximate surface area is 211 Å². The maximum Gasteiger partial charge on any atom is 0.417 e. The first kappa shape index (κ1) is 25.1. The Morgan fingerprint density at radius 1 is 1.03 bits per heavy atom. The van der Waals surface area contributed by atoms with Crippen molar-refractivity contribution in [2.45, 2.75) is 6.18 Å². The molecule has 0 radical (unpaired) electrons. The van der Waals surface area contributed by atoms with Crippen molar-refractivity contribution < 1.29 is 27.9 Å². The van der Waals surface area contributed by atoms with Crippen molar-refractivity contribution in [3.05, 3.63) is 104 Å². The number of nitrogens with zero attached hydrogens (tertiary/aromatic N) is 1. The fourth-order valence-electron chi connectivity index (χ4n) is 3.49. The second kappa shape index (κ2) is 9.92. The van der Waals surface area contributed by atoms with Crippen LogP contribution >= 0.6 is 22.9 Å². The van der Waals surface area contributed by atoms with Crippen LogP contribution in [0.1, 0.15) is 37.4 Å². The van der Waals surface area contributed by atoms with Crippen LogP contribution in [0.5, 0.6) is 0 Å². The molecule has 1 heterocycles. The lowest BCUT2D eigenvalue weighted by atomic mass is 9.97. The number of alkyl halides is 3. The minimum absolute atomic E-state index is 0.0253. The topological polar surface area (TPSA) is 103 Å². The van der Waals surface area contributed by atoms with Gasteiger partial charge in [0.25, 0.3) is 5.91 Å². The predicted molar refractivity (Wildman–Crippen MR) is 131 cm³/mol. The third kappa shape index (κ3) is 5.14. The number of hydrogen-bond acceptors (Lipinski definition) is 5. The second-order valence-electron chi connectivity index (χ2n) is 7.51. The number of carboxylic acid groups (broad SMARTS) is 1. The summed E-state index contributed by atoms with van der Waals surface area (Å²) in [5.74, 6) is -2.23. The molecule has 4 aromatic rings. The van der Waals surface area contributed by atoms with E-state index in [1.165, 1.54) is 53.8 Å². The molecule has 0 spiro atoms. The zero-order chi connectivity index (χ0) is 26.0. The SMILES string of the molecule is N=C(c1ccc(C(=O)O)cc1)c1ccc(-c2cscn2)cc1NC(=O)c1c(Cl)cccc1C(F)(F)F. The van der Waals surface area contributed by atoms with E-state index in [1.807, 2.05) is 0 Å². The molecule has 0 aliphatic heterocycles. The van der Waals surface area contributed by atoms with E-state index in [2.05, 4.69) is 10.3 Å². The van der Waals surface area contributed by atoms with Gasteiger partial charge in [-0.1, -0.05) is 41.9 Å². The molecule has 36 heavy (non-hydrogen) atoms. The normalized spacial score (nSPS) is 11.2. The van der Waals surface area contributed by atoms with Crippen LogP contribution in [0.4, 0.5) is 18.9 Å². The quantitative estimate of drug-likeness (QED) is 0.238. The van der Waals surface area contributed by atoms with Gasteiger partial charge in [-0.05, 0) is 30.3 Å². The first-order valence-corrected chi connectivity index (χ1v) is 11.5. The lowest BCUT2D eigenvalue weighted by Crippen LogP contribution is -2.20. The van der Waals surface area contributed by atoms with Crippen LogP contribution in [0.3, 0.4) is 0 Å². The molecule has 4 rings (SSSR count). The molecular formula is C25H15ClF3N3O3S. The molecule has 1 aromatic heterocycles. The highest BCUT2D eigenvalue weighted by molar-refractivity contribution is 7.07. The van der Waals surface area contributed by atoms with E-state index in [1.54, 1.807) is 17.0 Å². The van der Waals surface area contributed by atoms with E-state index in [9.17, 15) is 22.8 Å². The lowest BCUT2D eigenvalue weighted by Gasteiger charge is -2.17. The van der Waals surface area contributed by atoms with Crippen LogP contribution in [0.25, 0.3) is 11.3 Å². The van der Waals surface area contributed by atoms with Crippen LogP contribution < -0.4 is 5.32 Å². The third-order valence-corrected chi connectivity index (χ3v) is 6.13. The Morgan fingerprint density at radius 2 is 1.72 bits per heavy atom. The number of aromatic carboxylic acids is 1. The molecular weight excluding hydrogens is 515 g/mol. The second-order valence-corrected chi connectivity index (χ2v) is 8.63.